The van der Waals surface area contributed by atoms with Crippen LogP contribution in [0.1, 0.15) is 60.8 Å². The Labute approximate surface area is 120 Å². The van der Waals surface area contributed by atoms with Crippen LogP contribution in [0.2, 0.25) is 0 Å². The lowest BCUT2D eigenvalue weighted by atomic mass is 9.83. The molecule has 0 amide bonds. The number of hydrogen-bond acceptors (Lipinski definition) is 2. The van der Waals surface area contributed by atoms with Gasteiger partial charge in [-0.1, -0.05) is 53.2 Å². The summed E-state index contributed by atoms with van der Waals surface area (Å²) in [6, 6.07) is 0.341. The van der Waals surface area contributed by atoms with E-state index in [0.29, 0.717) is 16.9 Å². The molecule has 0 aliphatic carbocycles. The normalized spacial score (nSPS) is 20.3. The molecule has 112 valence electrons. The minimum atomic E-state index is 0.341. The first kappa shape index (κ1) is 16.7. The first-order valence-corrected chi connectivity index (χ1v) is 7.75. The van der Waals surface area contributed by atoms with Gasteiger partial charge in [-0.05, 0) is 36.6 Å². The van der Waals surface area contributed by atoms with Crippen LogP contribution < -0.4 is 5.73 Å². The SMILES string of the molecule is CC(C)(C)CC(N)CCN1CC=C(C(C)(C)C)CC1. The van der Waals surface area contributed by atoms with Gasteiger partial charge >= 0.3 is 0 Å². The number of hydrogen-bond donors (Lipinski definition) is 1. The Kier molecular flexibility index (Phi) is 5.64. The molecule has 0 aromatic carbocycles. The van der Waals surface area contributed by atoms with Gasteiger partial charge in [-0.3, -0.25) is 4.90 Å². The van der Waals surface area contributed by atoms with E-state index in [0.717, 1.165) is 25.9 Å². The van der Waals surface area contributed by atoms with E-state index < -0.39 is 0 Å². The molecule has 1 unspecified atom stereocenters. The maximum atomic E-state index is 6.23. The van der Waals surface area contributed by atoms with Gasteiger partial charge in [0.1, 0.15) is 0 Å². The highest BCUT2D eigenvalue weighted by Gasteiger charge is 2.22. The standard InChI is InChI=1S/C17H34N2/c1-16(2,3)13-15(18)9-12-19-10-7-14(8-11-19)17(4,5)6/h7,15H,8-13,18H2,1-6H3. The molecular weight excluding hydrogens is 232 g/mol. The van der Waals surface area contributed by atoms with E-state index in [1.807, 2.05) is 0 Å². The summed E-state index contributed by atoms with van der Waals surface area (Å²) in [7, 11) is 0. The molecule has 2 nitrogen and oxygen atoms in total. The smallest absolute Gasteiger partial charge is 0.0166 e. The Morgan fingerprint density at radius 2 is 1.84 bits per heavy atom. The molecule has 1 atom stereocenters. The zero-order valence-corrected chi connectivity index (χ0v) is 13.9. The number of nitrogens with two attached hydrogens (primary N) is 1. The Bertz CT molecular complexity index is 304. The summed E-state index contributed by atoms with van der Waals surface area (Å²) in [6.07, 6.45) is 5.89. The third-order valence-corrected chi connectivity index (χ3v) is 3.95. The van der Waals surface area contributed by atoms with Gasteiger partial charge in [0.05, 0.1) is 0 Å². The summed E-state index contributed by atoms with van der Waals surface area (Å²) in [6.45, 7) is 17.2. The lowest BCUT2D eigenvalue weighted by Crippen LogP contribution is -2.36. The van der Waals surface area contributed by atoms with Gasteiger partial charge in [-0.25, -0.2) is 0 Å². The van der Waals surface area contributed by atoms with E-state index in [-0.39, 0.29) is 0 Å². The number of nitrogens with zero attached hydrogens (tertiary/aromatic N) is 1. The first-order chi connectivity index (χ1) is 8.58. The minimum Gasteiger partial charge on any atom is -0.328 e. The molecule has 0 aromatic heterocycles. The van der Waals surface area contributed by atoms with E-state index in [1.165, 1.54) is 13.0 Å². The lowest BCUT2D eigenvalue weighted by Gasteiger charge is -2.33. The Balaban J connectivity index is 2.32. The zero-order chi connectivity index (χ0) is 14.7. The Morgan fingerprint density at radius 1 is 1.21 bits per heavy atom. The van der Waals surface area contributed by atoms with E-state index >= 15 is 0 Å². The molecule has 2 N–H and O–H groups in total. The van der Waals surface area contributed by atoms with Gasteiger partial charge in [0, 0.05) is 19.1 Å². The summed E-state index contributed by atoms with van der Waals surface area (Å²) in [4.78, 5) is 2.54. The van der Waals surface area contributed by atoms with Gasteiger partial charge in [-0.15, -0.1) is 0 Å². The van der Waals surface area contributed by atoms with Crippen LogP contribution >= 0.6 is 0 Å². The molecule has 1 heterocycles. The summed E-state index contributed by atoms with van der Waals surface area (Å²) in [5, 5.41) is 0. The highest BCUT2D eigenvalue weighted by atomic mass is 15.1. The van der Waals surface area contributed by atoms with Gasteiger partial charge in [0.2, 0.25) is 0 Å². The largest absolute Gasteiger partial charge is 0.328 e. The van der Waals surface area contributed by atoms with Crippen molar-refractivity contribution in [1.82, 2.24) is 4.90 Å². The molecule has 19 heavy (non-hydrogen) atoms. The van der Waals surface area contributed by atoms with Crippen LogP contribution in [0, 0.1) is 10.8 Å². The van der Waals surface area contributed by atoms with Crippen LogP contribution in [-0.2, 0) is 0 Å². The van der Waals surface area contributed by atoms with E-state index in [1.54, 1.807) is 5.57 Å². The molecule has 0 fully saturated rings. The second-order valence-corrected chi connectivity index (χ2v) is 8.34. The molecule has 0 bridgehead atoms. The monoisotopic (exact) mass is 266 g/mol. The van der Waals surface area contributed by atoms with Crippen molar-refractivity contribution in [2.45, 2.75) is 66.8 Å². The third-order valence-electron chi connectivity index (χ3n) is 3.95. The molecule has 0 aromatic rings. The van der Waals surface area contributed by atoms with E-state index in [2.05, 4.69) is 52.5 Å². The van der Waals surface area contributed by atoms with E-state index in [9.17, 15) is 0 Å². The molecule has 0 saturated heterocycles. The quantitative estimate of drug-likeness (QED) is 0.784. The highest BCUT2D eigenvalue weighted by molar-refractivity contribution is 5.14. The van der Waals surface area contributed by atoms with E-state index in [4.69, 9.17) is 5.73 Å². The molecule has 0 saturated carbocycles. The van der Waals surface area contributed by atoms with Crippen molar-refractivity contribution in [3.8, 4) is 0 Å². The zero-order valence-electron chi connectivity index (χ0n) is 13.9. The molecule has 1 aliphatic heterocycles. The average Bonchev–Trinajstić information content (AvgIpc) is 2.23. The Hall–Kier alpha value is -0.340. The molecule has 0 radical (unpaired) electrons. The second-order valence-electron chi connectivity index (χ2n) is 8.34. The number of rotatable bonds is 4. The summed E-state index contributed by atoms with van der Waals surface area (Å²) in [5.74, 6) is 0. The summed E-state index contributed by atoms with van der Waals surface area (Å²) < 4.78 is 0. The third kappa shape index (κ3) is 6.58. The first-order valence-electron chi connectivity index (χ1n) is 7.75. The van der Waals surface area contributed by atoms with Crippen molar-refractivity contribution in [2.24, 2.45) is 16.6 Å². The molecule has 0 spiro atoms. The van der Waals surface area contributed by atoms with Gasteiger partial charge < -0.3 is 5.73 Å². The van der Waals surface area contributed by atoms with Crippen molar-refractivity contribution < 1.29 is 0 Å². The van der Waals surface area contributed by atoms with Crippen LogP contribution in [0.5, 0.6) is 0 Å². The van der Waals surface area contributed by atoms with Crippen molar-refractivity contribution in [2.75, 3.05) is 19.6 Å². The van der Waals surface area contributed by atoms with Gasteiger partial charge in [0.25, 0.3) is 0 Å². The topological polar surface area (TPSA) is 29.3 Å². The fraction of sp³-hybridized carbons (Fsp3) is 0.882. The van der Waals surface area contributed by atoms with Crippen molar-refractivity contribution in [3.63, 3.8) is 0 Å². The van der Waals surface area contributed by atoms with Crippen LogP contribution in [0.3, 0.4) is 0 Å². The summed E-state index contributed by atoms with van der Waals surface area (Å²) >= 11 is 0. The van der Waals surface area contributed by atoms with Crippen molar-refractivity contribution in [1.29, 1.82) is 0 Å². The average molecular weight is 266 g/mol. The molecule has 1 aliphatic rings. The van der Waals surface area contributed by atoms with Crippen LogP contribution in [0.15, 0.2) is 11.6 Å². The van der Waals surface area contributed by atoms with Gasteiger partial charge in [-0.2, -0.15) is 0 Å². The second kappa shape index (κ2) is 6.41. The van der Waals surface area contributed by atoms with Crippen LogP contribution in [-0.4, -0.2) is 30.6 Å². The van der Waals surface area contributed by atoms with Crippen molar-refractivity contribution in [3.05, 3.63) is 11.6 Å². The predicted octanol–water partition coefficient (Wildman–Crippen LogP) is 3.82. The highest BCUT2D eigenvalue weighted by Crippen LogP contribution is 2.30. The fourth-order valence-electron chi connectivity index (χ4n) is 2.83. The van der Waals surface area contributed by atoms with Gasteiger partial charge in [0.15, 0.2) is 0 Å². The van der Waals surface area contributed by atoms with Crippen LogP contribution in [0.25, 0.3) is 0 Å². The van der Waals surface area contributed by atoms with Crippen LogP contribution in [0.4, 0.5) is 0 Å². The molecule has 2 heteroatoms. The summed E-state index contributed by atoms with van der Waals surface area (Å²) in [5.41, 5.74) is 8.53. The lowest BCUT2D eigenvalue weighted by molar-refractivity contribution is 0.251. The maximum absolute atomic E-state index is 6.23. The minimum absolute atomic E-state index is 0.341. The molecular formula is C17H34N2. The van der Waals surface area contributed by atoms with Crippen molar-refractivity contribution >= 4 is 0 Å². The maximum Gasteiger partial charge on any atom is 0.0166 e. The predicted molar refractivity (Wildman–Crippen MR) is 85.3 cm³/mol. The fourth-order valence-corrected chi connectivity index (χ4v) is 2.83. The molecule has 1 rings (SSSR count). The Morgan fingerprint density at radius 3 is 2.26 bits per heavy atom.